The van der Waals surface area contributed by atoms with E-state index in [4.69, 9.17) is 0 Å². The first kappa shape index (κ1) is 15.2. The van der Waals surface area contributed by atoms with E-state index < -0.39 is 0 Å². The Hall–Kier alpha value is -0.800. The van der Waals surface area contributed by atoms with Crippen LogP contribution in [0.3, 0.4) is 0 Å². The molecule has 0 saturated carbocycles. The highest BCUT2D eigenvalue weighted by Gasteiger charge is 1.99. The number of benzene rings is 1. The van der Waals surface area contributed by atoms with E-state index in [0.717, 1.165) is 9.86 Å². The third-order valence-corrected chi connectivity index (χ3v) is 3.47. The molecule has 2 aromatic rings. The standard InChI is InChI=1S/C8H7NS2.C3H6.C2H6/c1-10-8-9-6-4-2-3-5-7(6)11-8;1-3-2;1-2/h2-5H,1H3;3H,1H2,2H3;1-2H3. The number of thioether (sulfide) groups is 1. The molecule has 1 nitrogen and oxygen atoms in total. The van der Waals surface area contributed by atoms with Crippen molar-refractivity contribution in [2.24, 2.45) is 0 Å². The van der Waals surface area contributed by atoms with Crippen molar-refractivity contribution >= 4 is 33.3 Å². The normalized spacial score (nSPS) is 8.50. The number of aromatic nitrogens is 1. The lowest BCUT2D eigenvalue weighted by molar-refractivity contribution is 1.31. The lowest BCUT2D eigenvalue weighted by Gasteiger charge is -1.80. The largest absolute Gasteiger partial charge is 0.230 e. The van der Waals surface area contributed by atoms with Crippen LogP contribution in [0.2, 0.25) is 0 Å². The van der Waals surface area contributed by atoms with Gasteiger partial charge in [0.2, 0.25) is 0 Å². The molecule has 0 aliphatic rings. The first-order chi connectivity index (χ1) is 7.81. The van der Waals surface area contributed by atoms with Crippen molar-refractivity contribution in [3.05, 3.63) is 36.9 Å². The van der Waals surface area contributed by atoms with Gasteiger partial charge in [-0.2, -0.15) is 0 Å². The molecule has 1 heterocycles. The lowest BCUT2D eigenvalue weighted by atomic mass is 10.3. The van der Waals surface area contributed by atoms with E-state index in [1.165, 1.54) is 4.70 Å². The molecule has 0 aliphatic carbocycles. The van der Waals surface area contributed by atoms with Crippen molar-refractivity contribution in [1.82, 2.24) is 4.98 Å². The van der Waals surface area contributed by atoms with Crippen LogP contribution in [0.15, 0.2) is 41.3 Å². The molecule has 1 aromatic heterocycles. The van der Waals surface area contributed by atoms with E-state index >= 15 is 0 Å². The summed E-state index contributed by atoms with van der Waals surface area (Å²) in [6.45, 7) is 9.25. The molecule has 0 aliphatic heterocycles. The molecule has 0 unspecified atom stereocenters. The molecular weight excluding hydrogens is 234 g/mol. The second-order valence-corrected chi connectivity index (χ2v) is 4.64. The highest BCUT2D eigenvalue weighted by molar-refractivity contribution is 8.00. The number of hydrogen-bond donors (Lipinski definition) is 0. The van der Waals surface area contributed by atoms with Crippen LogP contribution >= 0.6 is 23.1 Å². The molecule has 0 spiro atoms. The second kappa shape index (κ2) is 9.43. The van der Waals surface area contributed by atoms with Gasteiger partial charge in [-0.05, 0) is 25.3 Å². The van der Waals surface area contributed by atoms with Crippen LogP contribution in [0.1, 0.15) is 20.8 Å². The van der Waals surface area contributed by atoms with Crippen LogP contribution in [-0.4, -0.2) is 11.2 Å². The third kappa shape index (κ3) is 4.81. The molecule has 0 N–H and O–H groups in total. The first-order valence-corrected chi connectivity index (χ1v) is 7.32. The zero-order valence-corrected chi connectivity index (χ0v) is 12.0. The van der Waals surface area contributed by atoms with Gasteiger partial charge in [-0.1, -0.05) is 43.8 Å². The minimum absolute atomic E-state index is 1.11. The van der Waals surface area contributed by atoms with Crippen LogP contribution in [-0.2, 0) is 0 Å². The highest BCUT2D eigenvalue weighted by atomic mass is 32.2. The molecule has 0 radical (unpaired) electrons. The van der Waals surface area contributed by atoms with E-state index in [1.807, 2.05) is 39.0 Å². The smallest absolute Gasteiger partial charge is 0.150 e. The van der Waals surface area contributed by atoms with Gasteiger partial charge in [0.1, 0.15) is 0 Å². The predicted octanol–water partition coefficient (Wildman–Crippen LogP) is 5.24. The van der Waals surface area contributed by atoms with Crippen molar-refractivity contribution in [2.75, 3.05) is 6.26 Å². The molecule has 0 bridgehead atoms. The number of para-hydroxylation sites is 1. The van der Waals surface area contributed by atoms with Crippen LogP contribution < -0.4 is 0 Å². The second-order valence-electron chi connectivity index (χ2n) is 2.56. The summed E-state index contributed by atoms with van der Waals surface area (Å²) >= 11 is 3.45. The molecule has 1 aromatic carbocycles. The summed E-state index contributed by atoms with van der Waals surface area (Å²) in [5.74, 6) is 0. The number of allylic oxidation sites excluding steroid dienone is 1. The summed E-state index contributed by atoms with van der Waals surface area (Å²) in [5, 5.41) is 0. The average molecular weight is 253 g/mol. The predicted molar refractivity (Wildman–Crippen MR) is 78.6 cm³/mol. The summed E-state index contributed by atoms with van der Waals surface area (Å²) < 4.78 is 2.42. The summed E-state index contributed by atoms with van der Waals surface area (Å²) in [7, 11) is 0. The van der Waals surface area contributed by atoms with E-state index in [0.29, 0.717) is 0 Å². The Morgan fingerprint density at radius 1 is 1.31 bits per heavy atom. The number of nitrogens with zero attached hydrogens (tertiary/aromatic N) is 1. The Morgan fingerprint density at radius 2 is 1.88 bits per heavy atom. The van der Waals surface area contributed by atoms with Gasteiger partial charge in [-0.3, -0.25) is 0 Å². The summed E-state index contributed by atoms with van der Waals surface area (Å²) in [4.78, 5) is 4.41. The molecule has 0 fully saturated rings. The Morgan fingerprint density at radius 3 is 2.38 bits per heavy atom. The van der Waals surface area contributed by atoms with E-state index in [-0.39, 0.29) is 0 Å². The quantitative estimate of drug-likeness (QED) is 0.509. The Labute approximate surface area is 107 Å². The Kier molecular flexibility index (Phi) is 8.96. The van der Waals surface area contributed by atoms with Gasteiger partial charge in [0.25, 0.3) is 0 Å². The molecule has 2 rings (SSSR count). The van der Waals surface area contributed by atoms with Crippen LogP contribution in [0, 0.1) is 0 Å². The average Bonchev–Trinajstić information content (AvgIpc) is 2.75. The minimum atomic E-state index is 1.11. The first-order valence-electron chi connectivity index (χ1n) is 5.28. The molecule has 3 heteroatoms. The maximum absolute atomic E-state index is 4.41. The molecule has 0 atom stereocenters. The highest BCUT2D eigenvalue weighted by Crippen LogP contribution is 2.27. The van der Waals surface area contributed by atoms with Crippen molar-refractivity contribution < 1.29 is 0 Å². The number of thiazole rings is 1. The fraction of sp³-hybridized carbons (Fsp3) is 0.308. The van der Waals surface area contributed by atoms with Gasteiger partial charge in [0.05, 0.1) is 10.2 Å². The topological polar surface area (TPSA) is 12.9 Å². The van der Waals surface area contributed by atoms with Crippen LogP contribution in [0.4, 0.5) is 0 Å². The third-order valence-electron chi connectivity index (χ3n) is 1.45. The van der Waals surface area contributed by atoms with Gasteiger partial charge < -0.3 is 0 Å². The monoisotopic (exact) mass is 253 g/mol. The van der Waals surface area contributed by atoms with Gasteiger partial charge >= 0.3 is 0 Å². The summed E-state index contributed by atoms with van der Waals surface area (Å²) in [5.41, 5.74) is 1.11. The number of hydrogen-bond acceptors (Lipinski definition) is 3. The van der Waals surface area contributed by atoms with Gasteiger partial charge in [-0.15, -0.1) is 17.9 Å². The molecule has 16 heavy (non-hydrogen) atoms. The van der Waals surface area contributed by atoms with Gasteiger partial charge in [0, 0.05) is 0 Å². The maximum atomic E-state index is 4.41. The SMILES string of the molecule is C=CC.CC.CSc1nc2ccccc2s1. The van der Waals surface area contributed by atoms with Crippen molar-refractivity contribution in [1.29, 1.82) is 0 Å². The van der Waals surface area contributed by atoms with Gasteiger partial charge in [0.15, 0.2) is 4.34 Å². The summed E-state index contributed by atoms with van der Waals surface area (Å²) in [6.07, 6.45) is 3.80. The molecular formula is C13H19NS2. The Balaban J connectivity index is 0.000000394. The summed E-state index contributed by atoms with van der Waals surface area (Å²) in [6, 6.07) is 8.22. The number of fused-ring (bicyclic) bond motifs is 1. The van der Waals surface area contributed by atoms with Gasteiger partial charge in [-0.25, -0.2) is 4.98 Å². The van der Waals surface area contributed by atoms with E-state index in [9.17, 15) is 0 Å². The molecule has 88 valence electrons. The Bertz CT molecular complexity index is 374. The zero-order chi connectivity index (χ0) is 12.4. The number of rotatable bonds is 1. The van der Waals surface area contributed by atoms with Crippen molar-refractivity contribution in [3.63, 3.8) is 0 Å². The van der Waals surface area contributed by atoms with Crippen LogP contribution in [0.25, 0.3) is 10.2 Å². The van der Waals surface area contributed by atoms with Crippen molar-refractivity contribution in [3.8, 4) is 0 Å². The van der Waals surface area contributed by atoms with Crippen LogP contribution in [0.5, 0.6) is 0 Å². The fourth-order valence-corrected chi connectivity index (χ4v) is 2.43. The lowest BCUT2D eigenvalue weighted by Crippen LogP contribution is -1.65. The molecule has 0 saturated heterocycles. The maximum Gasteiger partial charge on any atom is 0.150 e. The molecule has 0 amide bonds. The van der Waals surface area contributed by atoms with Crippen molar-refractivity contribution in [2.45, 2.75) is 25.1 Å². The zero-order valence-electron chi connectivity index (χ0n) is 10.4. The fourth-order valence-electron chi connectivity index (χ4n) is 0.938. The minimum Gasteiger partial charge on any atom is -0.230 e. The van der Waals surface area contributed by atoms with E-state index in [1.54, 1.807) is 29.2 Å². The van der Waals surface area contributed by atoms with E-state index in [2.05, 4.69) is 23.9 Å².